The molecule has 2 aliphatic heterocycles. The Morgan fingerprint density at radius 1 is 1.17 bits per heavy atom. The van der Waals surface area contributed by atoms with Gasteiger partial charge in [-0.15, -0.1) is 0 Å². The molecule has 0 bridgehead atoms. The predicted molar refractivity (Wildman–Crippen MR) is 106 cm³/mol. The van der Waals surface area contributed by atoms with Crippen LogP contribution < -0.4 is 15.5 Å². The molecule has 1 aromatic carbocycles. The standard InChI is InChI=1S/C21H27FN4O3/c1-23-14-5-3-4-6-15(14)25(2)16-8-7-12-13(19(16)22)11-26(21(12)29)17-9-10-18(27)24-20(17)28/h7-8,14-15,17,23H,3-6,9-11H2,1-2H3,(H,24,27,28)/t14-,15-,17?/m0/s1. The van der Waals surface area contributed by atoms with Crippen LogP contribution in [0.3, 0.4) is 0 Å². The fourth-order valence-corrected chi connectivity index (χ4v) is 4.95. The maximum absolute atomic E-state index is 15.5. The van der Waals surface area contributed by atoms with Crippen LogP contribution in [0.15, 0.2) is 12.1 Å². The molecule has 4 rings (SSSR count). The van der Waals surface area contributed by atoms with Crippen LogP contribution in [0.4, 0.5) is 10.1 Å². The number of carbonyl (C=O) groups excluding carboxylic acids is 3. The van der Waals surface area contributed by atoms with Gasteiger partial charge in [-0.1, -0.05) is 12.8 Å². The van der Waals surface area contributed by atoms with Crippen molar-refractivity contribution in [2.24, 2.45) is 0 Å². The van der Waals surface area contributed by atoms with Gasteiger partial charge in [0.1, 0.15) is 6.04 Å². The summed E-state index contributed by atoms with van der Waals surface area (Å²) >= 11 is 0. The fourth-order valence-electron chi connectivity index (χ4n) is 4.95. The second-order valence-corrected chi connectivity index (χ2v) is 8.18. The average Bonchev–Trinajstić information content (AvgIpc) is 3.05. The molecular formula is C21H27FN4O3. The van der Waals surface area contributed by atoms with E-state index in [1.54, 1.807) is 12.1 Å². The Balaban J connectivity index is 1.60. The predicted octanol–water partition coefficient (Wildman–Crippen LogP) is 1.55. The minimum atomic E-state index is -0.736. The molecule has 29 heavy (non-hydrogen) atoms. The zero-order valence-electron chi connectivity index (χ0n) is 16.8. The molecule has 3 amide bonds. The number of fused-ring (bicyclic) bond motifs is 1. The molecule has 0 radical (unpaired) electrons. The molecule has 2 N–H and O–H groups in total. The Morgan fingerprint density at radius 2 is 1.93 bits per heavy atom. The highest BCUT2D eigenvalue weighted by molar-refractivity contribution is 6.05. The van der Waals surface area contributed by atoms with Gasteiger partial charge in [0.25, 0.3) is 5.91 Å². The van der Waals surface area contributed by atoms with E-state index in [-0.39, 0.29) is 37.2 Å². The first kappa shape index (κ1) is 19.8. The lowest BCUT2D eigenvalue weighted by molar-refractivity contribution is -0.136. The summed E-state index contributed by atoms with van der Waals surface area (Å²) in [7, 11) is 3.84. The summed E-state index contributed by atoms with van der Waals surface area (Å²) in [5.74, 6) is -1.57. The van der Waals surface area contributed by atoms with E-state index in [1.807, 2.05) is 19.0 Å². The number of nitrogens with zero attached hydrogens (tertiary/aromatic N) is 2. The van der Waals surface area contributed by atoms with Crippen LogP contribution in [0.25, 0.3) is 0 Å². The highest BCUT2D eigenvalue weighted by Crippen LogP contribution is 2.35. The summed E-state index contributed by atoms with van der Waals surface area (Å²) in [5, 5.41) is 5.61. The third-order valence-corrected chi connectivity index (χ3v) is 6.61. The van der Waals surface area contributed by atoms with Crippen molar-refractivity contribution in [1.29, 1.82) is 0 Å². The first-order chi connectivity index (χ1) is 13.9. The molecule has 156 valence electrons. The second kappa shape index (κ2) is 7.74. The molecule has 2 fully saturated rings. The van der Waals surface area contributed by atoms with Crippen molar-refractivity contribution in [2.45, 2.75) is 63.2 Å². The van der Waals surface area contributed by atoms with E-state index in [2.05, 4.69) is 10.6 Å². The van der Waals surface area contributed by atoms with Crippen molar-refractivity contribution in [3.8, 4) is 0 Å². The van der Waals surface area contributed by atoms with Gasteiger partial charge in [-0.2, -0.15) is 0 Å². The number of amides is 3. The summed E-state index contributed by atoms with van der Waals surface area (Å²) in [5.41, 5.74) is 1.12. The third kappa shape index (κ3) is 3.39. The SMILES string of the molecule is CN[C@H]1CCCC[C@@H]1N(C)c1ccc2c(c1F)CN(C1CCC(=O)NC1=O)C2=O. The first-order valence-electron chi connectivity index (χ1n) is 10.3. The molecule has 7 nitrogen and oxygen atoms in total. The number of hydrogen-bond acceptors (Lipinski definition) is 5. The Morgan fingerprint density at radius 3 is 2.66 bits per heavy atom. The Labute approximate surface area is 169 Å². The summed E-state index contributed by atoms with van der Waals surface area (Å²) in [6, 6.07) is 3.07. The van der Waals surface area contributed by atoms with Gasteiger partial charge in [-0.05, 0) is 38.4 Å². The minimum absolute atomic E-state index is 0.0497. The fraction of sp³-hybridized carbons (Fsp3) is 0.571. The molecule has 1 aromatic rings. The van der Waals surface area contributed by atoms with E-state index >= 15 is 4.39 Å². The van der Waals surface area contributed by atoms with E-state index in [0.717, 1.165) is 25.7 Å². The van der Waals surface area contributed by atoms with Crippen LogP contribution in [0.2, 0.25) is 0 Å². The number of piperidine rings is 1. The van der Waals surface area contributed by atoms with Gasteiger partial charge in [0, 0.05) is 36.7 Å². The lowest BCUT2D eigenvalue weighted by Crippen LogP contribution is -2.52. The van der Waals surface area contributed by atoms with Crippen LogP contribution >= 0.6 is 0 Å². The summed E-state index contributed by atoms with van der Waals surface area (Å²) in [6.45, 7) is 0.0497. The number of likely N-dealkylation sites (N-methyl/N-ethyl adjacent to an activating group) is 2. The molecule has 1 saturated heterocycles. The quantitative estimate of drug-likeness (QED) is 0.747. The highest BCUT2D eigenvalue weighted by Gasteiger charge is 2.41. The molecule has 3 atom stereocenters. The largest absolute Gasteiger partial charge is 0.368 e. The lowest BCUT2D eigenvalue weighted by Gasteiger charge is -2.39. The number of nitrogens with one attached hydrogen (secondary N) is 2. The van der Waals surface area contributed by atoms with Gasteiger partial charge in [-0.3, -0.25) is 19.7 Å². The van der Waals surface area contributed by atoms with Gasteiger partial charge in [-0.25, -0.2) is 4.39 Å². The topological polar surface area (TPSA) is 81.8 Å². The molecule has 3 aliphatic rings. The number of anilines is 1. The number of benzene rings is 1. The number of hydrogen-bond donors (Lipinski definition) is 2. The molecule has 1 saturated carbocycles. The normalized spacial score (nSPS) is 27.1. The number of imide groups is 1. The van der Waals surface area contributed by atoms with Gasteiger partial charge in [0.15, 0.2) is 5.82 Å². The number of carbonyl (C=O) groups is 3. The van der Waals surface area contributed by atoms with E-state index in [9.17, 15) is 14.4 Å². The molecule has 1 aliphatic carbocycles. The first-order valence-corrected chi connectivity index (χ1v) is 10.3. The van der Waals surface area contributed by atoms with E-state index in [0.29, 0.717) is 22.9 Å². The summed E-state index contributed by atoms with van der Waals surface area (Å²) in [4.78, 5) is 39.8. The maximum Gasteiger partial charge on any atom is 0.255 e. The van der Waals surface area contributed by atoms with Gasteiger partial charge in [0.2, 0.25) is 11.8 Å². The monoisotopic (exact) mass is 402 g/mol. The Kier molecular flexibility index (Phi) is 5.29. The number of halogens is 1. The second-order valence-electron chi connectivity index (χ2n) is 8.18. The average molecular weight is 402 g/mol. The molecule has 8 heteroatoms. The van der Waals surface area contributed by atoms with Gasteiger partial charge in [0.05, 0.1) is 12.2 Å². The summed E-state index contributed by atoms with van der Waals surface area (Å²) < 4.78 is 15.5. The molecule has 0 aromatic heterocycles. The zero-order valence-corrected chi connectivity index (χ0v) is 16.8. The smallest absolute Gasteiger partial charge is 0.255 e. The van der Waals surface area contributed by atoms with Crippen LogP contribution in [0, 0.1) is 5.82 Å². The molecule has 0 spiro atoms. The summed E-state index contributed by atoms with van der Waals surface area (Å²) in [6.07, 6.45) is 4.77. The maximum atomic E-state index is 15.5. The van der Waals surface area contributed by atoms with Crippen LogP contribution in [-0.2, 0) is 16.1 Å². The van der Waals surface area contributed by atoms with Gasteiger partial charge >= 0.3 is 0 Å². The van der Waals surface area contributed by atoms with Crippen LogP contribution in [0.5, 0.6) is 0 Å². The molecule has 2 heterocycles. The van der Waals surface area contributed by atoms with Crippen molar-refractivity contribution in [1.82, 2.24) is 15.5 Å². The van der Waals surface area contributed by atoms with Crippen LogP contribution in [0.1, 0.15) is 54.4 Å². The van der Waals surface area contributed by atoms with E-state index in [1.165, 1.54) is 4.90 Å². The Bertz CT molecular complexity index is 859. The lowest BCUT2D eigenvalue weighted by atomic mass is 9.89. The highest BCUT2D eigenvalue weighted by atomic mass is 19.1. The zero-order chi connectivity index (χ0) is 20.7. The van der Waals surface area contributed by atoms with Crippen molar-refractivity contribution in [2.75, 3.05) is 19.0 Å². The van der Waals surface area contributed by atoms with Crippen molar-refractivity contribution >= 4 is 23.4 Å². The van der Waals surface area contributed by atoms with Crippen molar-refractivity contribution in [3.05, 3.63) is 29.1 Å². The van der Waals surface area contributed by atoms with E-state index in [4.69, 9.17) is 0 Å². The van der Waals surface area contributed by atoms with Crippen molar-refractivity contribution in [3.63, 3.8) is 0 Å². The van der Waals surface area contributed by atoms with Crippen molar-refractivity contribution < 1.29 is 18.8 Å². The third-order valence-electron chi connectivity index (χ3n) is 6.61. The van der Waals surface area contributed by atoms with Gasteiger partial charge < -0.3 is 15.1 Å². The van der Waals surface area contributed by atoms with E-state index < -0.39 is 17.8 Å². The number of rotatable bonds is 4. The minimum Gasteiger partial charge on any atom is -0.368 e. The molecular weight excluding hydrogens is 375 g/mol. The molecule has 1 unspecified atom stereocenters. The van der Waals surface area contributed by atoms with Crippen LogP contribution in [-0.4, -0.2) is 54.8 Å². The Hall–Kier alpha value is -2.48.